The quantitative estimate of drug-likeness (QED) is 0.826. The average Bonchev–Trinajstić information content (AvgIpc) is 2.30. The molecule has 16 heavy (non-hydrogen) atoms. The van der Waals surface area contributed by atoms with Crippen LogP contribution in [-0.4, -0.2) is 12.4 Å². The summed E-state index contributed by atoms with van der Waals surface area (Å²) in [5.41, 5.74) is 6.78. The lowest BCUT2D eigenvalue weighted by molar-refractivity contribution is 0.351. The van der Waals surface area contributed by atoms with Crippen molar-refractivity contribution in [1.82, 2.24) is 0 Å². The number of nitrogens with two attached hydrogens (primary N) is 1. The number of alkyl halides is 1. The van der Waals surface area contributed by atoms with Crippen molar-refractivity contribution in [2.24, 2.45) is 11.7 Å². The highest BCUT2D eigenvalue weighted by molar-refractivity contribution is 6.42. The molecule has 0 saturated carbocycles. The van der Waals surface area contributed by atoms with Gasteiger partial charge in [-0.05, 0) is 23.6 Å². The van der Waals surface area contributed by atoms with Crippen molar-refractivity contribution in [3.8, 4) is 0 Å². The largest absolute Gasteiger partial charge is 0.330 e. The zero-order chi connectivity index (χ0) is 12.3. The number of hydrogen-bond donors (Lipinski definition) is 1. The second-order valence-electron chi connectivity index (χ2n) is 4.31. The van der Waals surface area contributed by atoms with Crippen molar-refractivity contribution in [1.29, 1.82) is 0 Å². The van der Waals surface area contributed by atoms with E-state index in [1.807, 2.05) is 12.1 Å². The van der Waals surface area contributed by atoms with E-state index in [1.165, 1.54) is 0 Å². The minimum Gasteiger partial charge on any atom is -0.330 e. The Morgan fingerprint density at radius 1 is 1.31 bits per heavy atom. The Balaban J connectivity index is 3.17. The minimum absolute atomic E-state index is 0.171. The first-order chi connectivity index (χ1) is 7.45. The van der Waals surface area contributed by atoms with E-state index >= 15 is 0 Å². The highest BCUT2D eigenvalue weighted by atomic mass is 35.5. The van der Waals surface area contributed by atoms with Crippen LogP contribution in [0.4, 0.5) is 0 Å². The monoisotopic (exact) mass is 279 g/mol. The van der Waals surface area contributed by atoms with Gasteiger partial charge in [-0.1, -0.05) is 43.1 Å². The second kappa shape index (κ2) is 5.59. The number of hydrogen-bond acceptors (Lipinski definition) is 1. The fraction of sp³-hybridized carbons (Fsp3) is 0.500. The van der Waals surface area contributed by atoms with Gasteiger partial charge in [-0.3, -0.25) is 0 Å². The molecule has 2 N–H and O–H groups in total. The molecule has 0 aliphatic heterocycles. The third-order valence-corrected chi connectivity index (χ3v) is 4.52. The molecular weight excluding hydrogens is 264 g/mol. The molecule has 0 aliphatic carbocycles. The van der Waals surface area contributed by atoms with Gasteiger partial charge in [0.15, 0.2) is 0 Å². The molecule has 0 unspecified atom stereocenters. The van der Waals surface area contributed by atoms with Crippen molar-refractivity contribution < 1.29 is 0 Å². The van der Waals surface area contributed by atoms with Crippen LogP contribution in [0.1, 0.15) is 19.4 Å². The van der Waals surface area contributed by atoms with E-state index in [0.717, 1.165) is 5.56 Å². The Morgan fingerprint density at radius 3 is 2.38 bits per heavy atom. The summed E-state index contributed by atoms with van der Waals surface area (Å²) < 4.78 is 0. The van der Waals surface area contributed by atoms with Crippen LogP contribution < -0.4 is 5.73 Å². The third-order valence-electron chi connectivity index (χ3n) is 3.32. The lowest BCUT2D eigenvalue weighted by atomic mass is 9.73. The summed E-state index contributed by atoms with van der Waals surface area (Å²) >= 11 is 17.8. The van der Waals surface area contributed by atoms with Crippen LogP contribution in [0.25, 0.3) is 0 Å². The van der Waals surface area contributed by atoms with Crippen LogP contribution in [0.3, 0.4) is 0 Å². The molecule has 1 aromatic rings. The molecule has 4 heteroatoms. The smallest absolute Gasteiger partial charge is 0.0595 e. The molecular formula is C12H16Cl3N. The normalized spacial score (nSPS) is 16.9. The van der Waals surface area contributed by atoms with Crippen molar-refractivity contribution in [2.45, 2.75) is 19.3 Å². The Hall–Kier alpha value is 0.0500. The summed E-state index contributed by atoms with van der Waals surface area (Å²) in [6.45, 7) is 4.71. The molecule has 1 aromatic carbocycles. The van der Waals surface area contributed by atoms with E-state index < -0.39 is 0 Å². The van der Waals surface area contributed by atoms with Gasteiger partial charge in [0.1, 0.15) is 0 Å². The second-order valence-corrected chi connectivity index (χ2v) is 5.43. The first-order valence-corrected chi connectivity index (χ1v) is 6.46. The van der Waals surface area contributed by atoms with Crippen LogP contribution >= 0.6 is 34.8 Å². The molecule has 1 rings (SSSR count). The standard InChI is InChI=1S/C12H16Cl3N/c1-8(6-13)12(2,7-16)9-3-4-10(14)11(15)5-9/h3-5,8H,6-7,16H2,1-2H3/t8-,12-/m1/s1. The molecule has 0 radical (unpaired) electrons. The van der Waals surface area contributed by atoms with Crippen LogP contribution in [0.2, 0.25) is 10.0 Å². The molecule has 0 aliphatic rings. The summed E-state index contributed by atoms with van der Waals surface area (Å²) in [4.78, 5) is 0. The Morgan fingerprint density at radius 2 is 1.94 bits per heavy atom. The number of rotatable bonds is 4. The molecule has 0 heterocycles. The van der Waals surface area contributed by atoms with Crippen LogP contribution in [0.15, 0.2) is 18.2 Å². The highest BCUT2D eigenvalue weighted by Crippen LogP contribution is 2.35. The number of benzene rings is 1. The van der Waals surface area contributed by atoms with Gasteiger partial charge in [0.25, 0.3) is 0 Å². The van der Waals surface area contributed by atoms with E-state index in [2.05, 4.69) is 13.8 Å². The van der Waals surface area contributed by atoms with Gasteiger partial charge in [-0.2, -0.15) is 0 Å². The molecule has 90 valence electrons. The lowest BCUT2D eigenvalue weighted by Crippen LogP contribution is -2.39. The summed E-state index contributed by atoms with van der Waals surface area (Å²) in [6.07, 6.45) is 0. The van der Waals surface area contributed by atoms with Crippen molar-refractivity contribution >= 4 is 34.8 Å². The van der Waals surface area contributed by atoms with Crippen LogP contribution in [-0.2, 0) is 5.41 Å². The molecule has 0 spiro atoms. The van der Waals surface area contributed by atoms with Gasteiger partial charge in [-0.15, -0.1) is 11.6 Å². The van der Waals surface area contributed by atoms with Crippen LogP contribution in [0.5, 0.6) is 0 Å². The van der Waals surface area contributed by atoms with E-state index in [1.54, 1.807) is 6.07 Å². The van der Waals surface area contributed by atoms with E-state index in [-0.39, 0.29) is 11.3 Å². The number of halogens is 3. The summed E-state index contributed by atoms with van der Waals surface area (Å²) in [7, 11) is 0. The zero-order valence-corrected chi connectivity index (χ0v) is 11.7. The van der Waals surface area contributed by atoms with Gasteiger partial charge in [0.2, 0.25) is 0 Å². The van der Waals surface area contributed by atoms with Gasteiger partial charge in [0, 0.05) is 17.8 Å². The highest BCUT2D eigenvalue weighted by Gasteiger charge is 2.31. The third kappa shape index (κ3) is 2.65. The molecule has 2 atom stereocenters. The van der Waals surface area contributed by atoms with Crippen molar-refractivity contribution in [3.05, 3.63) is 33.8 Å². The van der Waals surface area contributed by atoms with Gasteiger partial charge < -0.3 is 5.73 Å². The topological polar surface area (TPSA) is 26.0 Å². The maximum absolute atomic E-state index is 6.02. The van der Waals surface area contributed by atoms with Gasteiger partial charge in [0.05, 0.1) is 10.0 Å². The minimum atomic E-state index is -0.171. The molecule has 0 aromatic heterocycles. The molecule has 0 bridgehead atoms. The van der Waals surface area contributed by atoms with E-state index in [0.29, 0.717) is 22.5 Å². The first kappa shape index (κ1) is 14.1. The summed E-state index contributed by atoms with van der Waals surface area (Å²) in [5.74, 6) is 0.838. The van der Waals surface area contributed by atoms with E-state index in [4.69, 9.17) is 40.5 Å². The maximum atomic E-state index is 6.02. The predicted molar refractivity (Wildman–Crippen MR) is 72.8 cm³/mol. The predicted octanol–water partition coefficient (Wildman–Crippen LogP) is 4.08. The Labute approximate surface area is 112 Å². The molecule has 0 saturated heterocycles. The average molecular weight is 281 g/mol. The Bertz CT molecular complexity index is 367. The van der Waals surface area contributed by atoms with Crippen molar-refractivity contribution in [3.63, 3.8) is 0 Å². The Kier molecular flexibility index (Phi) is 4.93. The molecule has 0 amide bonds. The summed E-state index contributed by atoms with van der Waals surface area (Å²) in [6, 6.07) is 5.64. The maximum Gasteiger partial charge on any atom is 0.0595 e. The fourth-order valence-corrected chi connectivity index (χ4v) is 2.26. The molecule has 0 fully saturated rings. The fourth-order valence-electron chi connectivity index (χ4n) is 1.63. The SMILES string of the molecule is C[C@H](CCl)[C@@](C)(CN)c1ccc(Cl)c(Cl)c1. The van der Waals surface area contributed by atoms with Gasteiger partial charge >= 0.3 is 0 Å². The molecule has 1 nitrogen and oxygen atoms in total. The van der Waals surface area contributed by atoms with Gasteiger partial charge in [-0.25, -0.2) is 0 Å². The lowest BCUT2D eigenvalue weighted by Gasteiger charge is -2.34. The first-order valence-electron chi connectivity index (χ1n) is 5.17. The zero-order valence-electron chi connectivity index (χ0n) is 9.43. The van der Waals surface area contributed by atoms with Crippen molar-refractivity contribution in [2.75, 3.05) is 12.4 Å². The summed E-state index contributed by atoms with van der Waals surface area (Å²) in [5, 5.41) is 1.11. The van der Waals surface area contributed by atoms with Crippen LogP contribution in [0, 0.1) is 5.92 Å². The van der Waals surface area contributed by atoms with E-state index in [9.17, 15) is 0 Å².